The Labute approximate surface area is 252 Å². The first-order valence-electron chi connectivity index (χ1n) is 12.0. The third-order valence-electron chi connectivity index (χ3n) is 5.66. The number of aliphatic hydroxyl groups is 2. The molecule has 0 bridgehead atoms. The van der Waals surface area contributed by atoms with Crippen LogP contribution in [0, 0.1) is 18.3 Å². The lowest BCUT2D eigenvalue weighted by molar-refractivity contribution is -0.0544. The van der Waals surface area contributed by atoms with E-state index in [4.69, 9.17) is 58.0 Å². The predicted octanol–water partition coefficient (Wildman–Crippen LogP) is 1.19. The number of phenolic OH excluding ortho intramolecular Hbond substituents is 1. The first-order chi connectivity index (χ1) is 20.3. The van der Waals surface area contributed by atoms with Crippen LogP contribution in [-0.2, 0) is 20.2 Å². The molecule has 0 saturated carbocycles. The second-order valence-electron chi connectivity index (χ2n) is 8.93. The second kappa shape index (κ2) is 14.0. The van der Waals surface area contributed by atoms with E-state index in [0.29, 0.717) is 22.6 Å². The molecule has 1 unspecified atom stereocenters. The molecule has 44 heavy (non-hydrogen) atoms. The molecule has 0 radical (unpaired) electrons. The van der Waals surface area contributed by atoms with Gasteiger partial charge in [0.05, 0.1) is 28.7 Å². The number of aromatic hydroxyl groups is 1. The number of benzene rings is 4. The Morgan fingerprint density at radius 2 is 1.39 bits per heavy atom. The number of nitriles is 1. The molecule has 18 heteroatoms. The molecule has 0 aliphatic rings. The first-order valence-corrected chi connectivity index (χ1v) is 14.8. The molecule has 1 atom stereocenters. The fourth-order valence-electron chi connectivity index (χ4n) is 3.42. The van der Waals surface area contributed by atoms with Crippen molar-refractivity contribution >= 4 is 59.4 Å². The molecule has 0 saturated heterocycles. The molecule has 4 rings (SSSR count). The molecule has 4 aromatic carbocycles. The van der Waals surface area contributed by atoms with Gasteiger partial charge in [0.25, 0.3) is 20.2 Å². The summed E-state index contributed by atoms with van der Waals surface area (Å²) in [6, 6.07) is 14.7. The van der Waals surface area contributed by atoms with E-state index in [-0.39, 0.29) is 22.2 Å². The Balaban J connectivity index is 0.000000252. The summed E-state index contributed by atoms with van der Waals surface area (Å²) in [5.41, 5.74) is 29.6. The summed E-state index contributed by atoms with van der Waals surface area (Å²) in [5.74, 6) is -0.414. The zero-order chi connectivity index (χ0) is 33.6. The summed E-state index contributed by atoms with van der Waals surface area (Å²) in [4.78, 5) is -1.46. The van der Waals surface area contributed by atoms with Crippen molar-refractivity contribution in [2.45, 2.75) is 23.0 Å². The topological polar surface area (TPSA) is 333 Å². The number of fused-ring (bicyclic) bond motifs is 1. The van der Waals surface area contributed by atoms with Crippen molar-refractivity contribution < 1.29 is 46.0 Å². The molecule has 15 N–H and O–H groups in total. The molecule has 0 aromatic heterocycles. The monoisotopic (exact) mass is 650 g/mol. The van der Waals surface area contributed by atoms with E-state index < -0.39 is 54.4 Å². The number of anilines is 5. The number of nitrogen functional groups attached to an aromatic ring is 5. The number of hydrogen-bond donors (Lipinski definition) is 10. The molecular formula is C26H30N6O10S2. The number of aryl methyl sites for hydroxylation is 1. The summed E-state index contributed by atoms with van der Waals surface area (Å²) >= 11 is 0. The molecule has 0 spiro atoms. The number of nitrogens with two attached hydrogens (primary N) is 5. The van der Waals surface area contributed by atoms with Gasteiger partial charge in [-0.15, -0.1) is 0 Å². The van der Waals surface area contributed by atoms with Gasteiger partial charge >= 0.3 is 0 Å². The summed E-state index contributed by atoms with van der Waals surface area (Å²) in [5, 5.41) is 35.6. The van der Waals surface area contributed by atoms with Crippen LogP contribution in [-0.4, -0.2) is 54.2 Å². The molecular weight excluding hydrogens is 620 g/mol. The van der Waals surface area contributed by atoms with Crippen molar-refractivity contribution in [1.29, 1.82) is 5.26 Å². The van der Waals surface area contributed by atoms with Gasteiger partial charge in [0, 0.05) is 22.8 Å². The van der Waals surface area contributed by atoms with E-state index in [1.807, 2.05) is 13.0 Å². The van der Waals surface area contributed by atoms with Crippen LogP contribution >= 0.6 is 0 Å². The van der Waals surface area contributed by atoms with E-state index in [2.05, 4.69) is 0 Å². The Morgan fingerprint density at radius 1 is 0.841 bits per heavy atom. The van der Waals surface area contributed by atoms with Crippen LogP contribution in [0.15, 0.2) is 64.4 Å². The number of phenols is 1. The highest BCUT2D eigenvalue weighted by atomic mass is 32.2. The van der Waals surface area contributed by atoms with Crippen molar-refractivity contribution in [1.82, 2.24) is 0 Å². The maximum absolute atomic E-state index is 11.2. The zero-order valence-electron chi connectivity index (χ0n) is 22.9. The summed E-state index contributed by atoms with van der Waals surface area (Å²) in [7, 11) is -9.38. The average Bonchev–Trinajstić information content (AvgIpc) is 2.93. The predicted molar refractivity (Wildman–Crippen MR) is 163 cm³/mol. The Kier molecular flexibility index (Phi) is 11.2. The summed E-state index contributed by atoms with van der Waals surface area (Å²) in [6.45, 7) is 1.32. The molecule has 0 fully saturated rings. The molecule has 0 aliphatic heterocycles. The Hall–Kier alpha value is -5.03. The van der Waals surface area contributed by atoms with Gasteiger partial charge < -0.3 is 48.7 Å². The molecule has 0 amide bonds. The van der Waals surface area contributed by atoms with Crippen LogP contribution in [0.5, 0.6) is 11.5 Å². The second-order valence-corrected chi connectivity index (χ2v) is 11.7. The largest absolute Gasteiger partial charge is 0.505 e. The van der Waals surface area contributed by atoms with Gasteiger partial charge in [-0.1, -0.05) is 0 Å². The first kappa shape index (κ1) is 35.2. The lowest BCUT2D eigenvalue weighted by atomic mass is 10.1. The molecule has 236 valence electrons. The molecule has 0 heterocycles. The van der Waals surface area contributed by atoms with Crippen molar-refractivity contribution in [3.63, 3.8) is 0 Å². The van der Waals surface area contributed by atoms with E-state index in [1.54, 1.807) is 30.3 Å². The SMILES string of the molecule is Cc1cc(N)c(OC(O)CO)cc1N.N#Cc1ccc(N)cc1.Nc1cc2c(O)c(N)c(S(=O)(=O)O)cc2cc1S(=O)(=O)O. The molecule has 0 aliphatic carbocycles. The minimum absolute atomic E-state index is 0.0372. The van der Waals surface area contributed by atoms with Gasteiger partial charge in [-0.2, -0.15) is 22.1 Å². The highest BCUT2D eigenvalue weighted by Gasteiger charge is 2.22. The fourth-order valence-corrected chi connectivity index (χ4v) is 4.71. The minimum Gasteiger partial charge on any atom is -0.505 e. The fraction of sp³-hybridized carbons (Fsp3) is 0.115. The maximum Gasteiger partial charge on any atom is 0.296 e. The van der Waals surface area contributed by atoms with Crippen LogP contribution in [0.1, 0.15) is 11.1 Å². The van der Waals surface area contributed by atoms with Gasteiger partial charge in [-0.25, -0.2) is 0 Å². The van der Waals surface area contributed by atoms with Crippen molar-refractivity contribution in [2.24, 2.45) is 0 Å². The number of ether oxygens (including phenoxy) is 1. The summed E-state index contributed by atoms with van der Waals surface area (Å²) in [6.07, 6.45) is -1.28. The highest BCUT2D eigenvalue weighted by Crippen LogP contribution is 2.39. The van der Waals surface area contributed by atoms with Crippen LogP contribution in [0.3, 0.4) is 0 Å². The van der Waals surface area contributed by atoms with Crippen molar-refractivity contribution in [2.75, 3.05) is 35.3 Å². The number of rotatable bonds is 5. The van der Waals surface area contributed by atoms with E-state index in [1.165, 1.54) is 6.07 Å². The van der Waals surface area contributed by atoms with Gasteiger partial charge in [-0.05, 0) is 66.4 Å². The van der Waals surface area contributed by atoms with Gasteiger partial charge in [0.1, 0.15) is 27.9 Å². The normalized spacial score (nSPS) is 11.7. The van der Waals surface area contributed by atoms with Crippen LogP contribution in [0.25, 0.3) is 10.8 Å². The van der Waals surface area contributed by atoms with E-state index in [0.717, 1.165) is 23.8 Å². The smallest absolute Gasteiger partial charge is 0.296 e. The van der Waals surface area contributed by atoms with Crippen molar-refractivity contribution in [3.8, 4) is 17.6 Å². The van der Waals surface area contributed by atoms with Gasteiger partial charge in [0.2, 0.25) is 6.29 Å². The van der Waals surface area contributed by atoms with E-state index in [9.17, 15) is 21.9 Å². The molecule has 16 nitrogen and oxygen atoms in total. The van der Waals surface area contributed by atoms with Crippen molar-refractivity contribution in [3.05, 3.63) is 65.7 Å². The standard InChI is InChI=1S/C10H10N2O7S2.C9H14N2O3.C7H6N2/c11-6-3-5-4(1-7(6)20(14,15)16)2-8(21(17,18)19)9(12)10(5)13;1-5-2-7(11)8(3-6(5)10)14-9(13)4-12;8-5-6-1-3-7(9)4-2-6/h1-3,13H,11-12H2,(H,14,15,16)(H,17,18,19);2-3,9,12-13H,4,10-11H2,1H3;1-4H,9H2. The lowest BCUT2D eigenvalue weighted by Crippen LogP contribution is -2.20. The Morgan fingerprint density at radius 3 is 1.89 bits per heavy atom. The number of nitrogens with zero attached hydrogens (tertiary/aromatic N) is 1. The van der Waals surface area contributed by atoms with Crippen LogP contribution < -0.4 is 33.4 Å². The quantitative estimate of drug-likeness (QED) is 0.0627. The molecule has 4 aromatic rings. The average molecular weight is 651 g/mol. The van der Waals surface area contributed by atoms with E-state index >= 15 is 0 Å². The Bertz CT molecular complexity index is 1920. The van der Waals surface area contributed by atoms with Gasteiger partial charge in [0.15, 0.2) is 0 Å². The highest BCUT2D eigenvalue weighted by molar-refractivity contribution is 7.86. The zero-order valence-corrected chi connectivity index (χ0v) is 24.5. The third-order valence-corrected chi connectivity index (χ3v) is 7.46. The summed E-state index contributed by atoms with van der Waals surface area (Å²) < 4.78 is 67.6. The maximum atomic E-state index is 11.2. The van der Waals surface area contributed by atoms with Crippen LogP contribution in [0.4, 0.5) is 28.4 Å². The lowest BCUT2D eigenvalue weighted by Gasteiger charge is -2.14. The number of aliphatic hydroxyl groups excluding tert-OH is 2. The minimum atomic E-state index is -4.73. The third kappa shape index (κ3) is 8.98. The van der Waals surface area contributed by atoms with Crippen LogP contribution in [0.2, 0.25) is 0 Å². The van der Waals surface area contributed by atoms with Gasteiger partial charge in [-0.3, -0.25) is 9.11 Å². The number of hydrogen-bond acceptors (Lipinski definition) is 14.